The Morgan fingerprint density at radius 3 is 2.38 bits per heavy atom. The minimum atomic E-state index is -3.49. The van der Waals surface area contributed by atoms with Gasteiger partial charge >= 0.3 is 0 Å². The topological polar surface area (TPSA) is 99.9 Å². The molecular weight excluding hydrogens is 394 g/mol. The van der Waals surface area contributed by atoms with Gasteiger partial charge in [0.05, 0.1) is 11.2 Å². The lowest BCUT2D eigenvalue weighted by molar-refractivity contribution is -0.119. The fraction of sp³-hybridized carbons (Fsp3) is 0.400. The summed E-state index contributed by atoms with van der Waals surface area (Å²) in [6.07, 6.45) is 4.48. The van der Waals surface area contributed by atoms with Crippen LogP contribution in [-0.2, 0) is 14.8 Å². The van der Waals surface area contributed by atoms with Crippen molar-refractivity contribution in [1.82, 2.24) is 9.21 Å². The van der Waals surface area contributed by atoms with Gasteiger partial charge in [-0.15, -0.1) is 0 Å². The summed E-state index contributed by atoms with van der Waals surface area (Å²) in [6.45, 7) is 1.58. The van der Waals surface area contributed by atoms with Crippen molar-refractivity contribution in [3.05, 3.63) is 48.4 Å². The number of furan rings is 1. The van der Waals surface area contributed by atoms with Gasteiger partial charge in [0.2, 0.25) is 15.9 Å². The van der Waals surface area contributed by atoms with E-state index in [1.54, 1.807) is 24.3 Å². The molecule has 0 aliphatic carbocycles. The van der Waals surface area contributed by atoms with Crippen LogP contribution < -0.4 is 5.32 Å². The van der Waals surface area contributed by atoms with E-state index in [0.717, 1.165) is 19.3 Å². The molecule has 2 aliphatic heterocycles. The molecule has 0 saturated carbocycles. The molecule has 1 N–H and O–H groups in total. The van der Waals surface area contributed by atoms with Crippen molar-refractivity contribution in [3.8, 4) is 0 Å². The van der Waals surface area contributed by atoms with Crippen LogP contribution in [0.2, 0.25) is 0 Å². The van der Waals surface area contributed by atoms with Crippen LogP contribution in [0, 0.1) is 0 Å². The van der Waals surface area contributed by atoms with Crippen molar-refractivity contribution in [3.63, 3.8) is 0 Å². The largest absolute Gasteiger partial charge is 0.459 e. The van der Waals surface area contributed by atoms with E-state index in [9.17, 15) is 18.0 Å². The molecule has 2 aromatic rings. The van der Waals surface area contributed by atoms with Gasteiger partial charge in [0, 0.05) is 25.3 Å². The van der Waals surface area contributed by atoms with Gasteiger partial charge in [0.1, 0.15) is 6.04 Å². The highest BCUT2D eigenvalue weighted by Crippen LogP contribution is 2.24. The van der Waals surface area contributed by atoms with Crippen LogP contribution in [0.15, 0.2) is 52.0 Å². The number of carbonyl (C=O) groups is 2. The first-order valence-corrected chi connectivity index (χ1v) is 11.2. The number of carbonyl (C=O) groups excluding carboxylic acids is 2. The molecular formula is C20H23N3O5S. The second kappa shape index (κ2) is 8.00. The molecule has 2 fully saturated rings. The second-order valence-corrected chi connectivity index (χ2v) is 9.20. The normalized spacial score (nSPS) is 20.1. The molecule has 0 bridgehead atoms. The number of nitrogens with zero attached hydrogens (tertiary/aromatic N) is 2. The minimum absolute atomic E-state index is 0.209. The maximum absolute atomic E-state index is 12.7. The van der Waals surface area contributed by atoms with E-state index in [-0.39, 0.29) is 22.5 Å². The number of hydrogen-bond donors (Lipinski definition) is 1. The predicted octanol–water partition coefficient (Wildman–Crippen LogP) is 2.31. The maximum Gasteiger partial charge on any atom is 0.290 e. The van der Waals surface area contributed by atoms with Crippen LogP contribution >= 0.6 is 0 Å². The molecule has 2 amide bonds. The van der Waals surface area contributed by atoms with Crippen molar-refractivity contribution in [1.29, 1.82) is 0 Å². The fourth-order valence-corrected chi connectivity index (χ4v) is 5.35. The summed E-state index contributed by atoms with van der Waals surface area (Å²) < 4.78 is 31.8. The number of nitrogens with one attached hydrogen (secondary N) is 1. The van der Waals surface area contributed by atoms with Crippen molar-refractivity contribution < 1.29 is 22.4 Å². The molecule has 29 heavy (non-hydrogen) atoms. The molecule has 8 nitrogen and oxygen atoms in total. The maximum atomic E-state index is 12.7. The molecule has 0 spiro atoms. The standard InChI is InChI=1S/C20H23N3O5S/c24-19(17-5-3-13-23(17)20(25)18-6-4-14-28-18)21-15-7-9-16(10-8-15)29(26,27)22-11-1-2-12-22/h4,6-10,14,17H,1-3,5,11-13H2,(H,21,24)/t17-/m0/s1. The van der Waals surface area contributed by atoms with Crippen LogP contribution in [0.4, 0.5) is 5.69 Å². The summed E-state index contributed by atoms with van der Waals surface area (Å²) in [4.78, 5) is 27.0. The summed E-state index contributed by atoms with van der Waals surface area (Å²) >= 11 is 0. The lowest BCUT2D eigenvalue weighted by Crippen LogP contribution is -2.43. The van der Waals surface area contributed by atoms with Crippen molar-refractivity contribution >= 4 is 27.5 Å². The number of rotatable bonds is 5. The zero-order valence-electron chi connectivity index (χ0n) is 15.9. The number of likely N-dealkylation sites (tertiary alicyclic amines) is 1. The molecule has 0 radical (unpaired) electrons. The third-order valence-electron chi connectivity index (χ3n) is 5.37. The van der Waals surface area contributed by atoms with E-state index < -0.39 is 16.1 Å². The van der Waals surface area contributed by atoms with Crippen molar-refractivity contribution in [2.75, 3.05) is 25.0 Å². The Kier molecular flexibility index (Phi) is 5.42. The summed E-state index contributed by atoms with van der Waals surface area (Å²) in [5.41, 5.74) is 0.493. The number of sulfonamides is 1. The second-order valence-electron chi connectivity index (χ2n) is 7.26. The van der Waals surface area contributed by atoms with Gasteiger partial charge in [0.15, 0.2) is 5.76 Å². The number of hydrogen-bond acceptors (Lipinski definition) is 5. The molecule has 1 aromatic carbocycles. The van der Waals surface area contributed by atoms with E-state index in [4.69, 9.17) is 4.42 Å². The van der Waals surface area contributed by atoms with Gasteiger partial charge in [-0.3, -0.25) is 9.59 Å². The Balaban J connectivity index is 1.43. The number of benzene rings is 1. The molecule has 9 heteroatoms. The summed E-state index contributed by atoms with van der Waals surface area (Å²) in [7, 11) is -3.49. The lowest BCUT2D eigenvalue weighted by Gasteiger charge is -2.23. The highest BCUT2D eigenvalue weighted by molar-refractivity contribution is 7.89. The highest BCUT2D eigenvalue weighted by Gasteiger charge is 2.35. The lowest BCUT2D eigenvalue weighted by atomic mass is 10.2. The van der Waals surface area contributed by atoms with Crippen molar-refractivity contribution in [2.45, 2.75) is 36.6 Å². The SMILES string of the molecule is O=C(Nc1ccc(S(=O)(=O)N2CCCC2)cc1)[C@@H]1CCCN1C(=O)c1ccco1. The average Bonchev–Trinajstić information content (AvgIpc) is 3.50. The third-order valence-corrected chi connectivity index (χ3v) is 7.29. The van der Waals surface area contributed by atoms with Gasteiger partial charge < -0.3 is 14.6 Å². The Morgan fingerprint density at radius 2 is 1.72 bits per heavy atom. The quantitative estimate of drug-likeness (QED) is 0.805. The van der Waals surface area contributed by atoms with E-state index in [0.29, 0.717) is 31.7 Å². The predicted molar refractivity (Wildman–Crippen MR) is 106 cm³/mol. The Labute approximate surface area is 169 Å². The summed E-state index contributed by atoms with van der Waals surface area (Å²) in [6, 6.07) is 8.79. The van der Waals surface area contributed by atoms with E-state index in [2.05, 4.69) is 5.32 Å². The zero-order valence-corrected chi connectivity index (χ0v) is 16.7. The summed E-state index contributed by atoms with van der Waals surface area (Å²) in [5.74, 6) is -0.390. The molecule has 2 aliphatic rings. The molecule has 2 saturated heterocycles. The Morgan fingerprint density at radius 1 is 1.00 bits per heavy atom. The van der Waals surface area contributed by atoms with Crippen LogP contribution in [0.1, 0.15) is 36.2 Å². The van der Waals surface area contributed by atoms with Gasteiger partial charge in [0.25, 0.3) is 5.91 Å². The van der Waals surface area contributed by atoms with E-state index >= 15 is 0 Å². The van der Waals surface area contributed by atoms with Crippen LogP contribution in [0.25, 0.3) is 0 Å². The smallest absolute Gasteiger partial charge is 0.290 e. The number of anilines is 1. The summed E-state index contributed by atoms with van der Waals surface area (Å²) in [5, 5.41) is 2.79. The minimum Gasteiger partial charge on any atom is -0.459 e. The average molecular weight is 417 g/mol. The van der Waals surface area contributed by atoms with E-state index in [1.807, 2.05) is 0 Å². The van der Waals surface area contributed by atoms with Gasteiger partial charge in [-0.2, -0.15) is 4.31 Å². The van der Waals surface area contributed by atoms with Crippen LogP contribution in [0.5, 0.6) is 0 Å². The van der Waals surface area contributed by atoms with Crippen LogP contribution in [0.3, 0.4) is 0 Å². The highest BCUT2D eigenvalue weighted by atomic mass is 32.2. The van der Waals surface area contributed by atoms with Gasteiger partial charge in [-0.1, -0.05) is 0 Å². The first-order valence-electron chi connectivity index (χ1n) is 9.72. The van der Waals surface area contributed by atoms with Crippen molar-refractivity contribution in [2.24, 2.45) is 0 Å². The monoisotopic (exact) mass is 417 g/mol. The third kappa shape index (κ3) is 3.92. The first-order chi connectivity index (χ1) is 14.0. The molecule has 0 unspecified atom stereocenters. The molecule has 3 heterocycles. The fourth-order valence-electron chi connectivity index (χ4n) is 3.84. The van der Waals surface area contributed by atoms with Gasteiger partial charge in [-0.25, -0.2) is 8.42 Å². The van der Waals surface area contributed by atoms with Gasteiger partial charge in [-0.05, 0) is 62.1 Å². The van der Waals surface area contributed by atoms with E-state index in [1.165, 1.54) is 27.6 Å². The molecule has 154 valence electrons. The van der Waals surface area contributed by atoms with Crippen LogP contribution in [-0.4, -0.2) is 55.1 Å². The number of amides is 2. The molecule has 1 aromatic heterocycles. The molecule has 1 atom stereocenters. The molecule has 4 rings (SSSR count). The Bertz CT molecular complexity index is 980. The zero-order chi connectivity index (χ0) is 20.4. The Hall–Kier alpha value is -2.65. The first kappa shape index (κ1) is 19.7.